The Bertz CT molecular complexity index is 109. The molecule has 1 rings (SSSR count). The number of hydrogen-bond donors (Lipinski definition) is 1. The summed E-state index contributed by atoms with van der Waals surface area (Å²) in [6, 6.07) is 0. The van der Waals surface area contributed by atoms with Gasteiger partial charge in [0.2, 0.25) is 0 Å². The van der Waals surface area contributed by atoms with Crippen molar-refractivity contribution in [3.63, 3.8) is 0 Å². The van der Waals surface area contributed by atoms with Crippen LogP contribution >= 0.6 is 0 Å². The summed E-state index contributed by atoms with van der Waals surface area (Å²) < 4.78 is 5.58. The highest BCUT2D eigenvalue weighted by molar-refractivity contribution is 4.64. The highest BCUT2D eigenvalue weighted by Gasteiger charge is 2.13. The van der Waals surface area contributed by atoms with Crippen LogP contribution in [-0.4, -0.2) is 24.9 Å². The third-order valence-electron chi connectivity index (χ3n) is 2.90. The number of hydrogen-bond acceptors (Lipinski definition) is 2. The van der Waals surface area contributed by atoms with E-state index in [1.54, 1.807) is 0 Å². The molecule has 1 aliphatic heterocycles. The zero-order chi connectivity index (χ0) is 11.4. The van der Waals surface area contributed by atoms with E-state index in [1.807, 2.05) is 0 Å². The molecule has 1 saturated heterocycles. The van der Waals surface area contributed by atoms with Crippen LogP contribution in [-0.2, 0) is 4.74 Å². The third kappa shape index (κ3) is 8.88. The van der Waals surface area contributed by atoms with Gasteiger partial charge in [-0.15, -0.1) is 0 Å². The van der Waals surface area contributed by atoms with E-state index in [4.69, 9.17) is 9.84 Å². The molecule has 0 aromatic carbocycles. The molecule has 0 amide bonds. The van der Waals surface area contributed by atoms with Crippen LogP contribution in [0.1, 0.15) is 64.7 Å². The molecular formula is C13H28O2. The maximum atomic E-state index is 7.00. The molecule has 0 radical (unpaired) electrons. The fourth-order valence-corrected chi connectivity index (χ4v) is 2.02. The molecular weight excluding hydrogens is 188 g/mol. The molecule has 0 unspecified atom stereocenters. The van der Waals surface area contributed by atoms with Crippen LogP contribution in [0.4, 0.5) is 0 Å². The van der Waals surface area contributed by atoms with E-state index >= 15 is 0 Å². The summed E-state index contributed by atoms with van der Waals surface area (Å²) in [7, 11) is 1.00. The van der Waals surface area contributed by atoms with Crippen LogP contribution in [0.2, 0.25) is 0 Å². The summed E-state index contributed by atoms with van der Waals surface area (Å²) >= 11 is 0. The highest BCUT2D eigenvalue weighted by atomic mass is 16.5. The first-order valence-electron chi connectivity index (χ1n) is 6.50. The van der Waals surface area contributed by atoms with E-state index in [0.717, 1.165) is 13.7 Å². The molecule has 1 atom stereocenters. The van der Waals surface area contributed by atoms with Gasteiger partial charge in [-0.2, -0.15) is 0 Å². The standard InChI is InChI=1S/C12H24O.CH4O/c1-2-3-4-5-6-7-9-12-10-8-11-13-12;1-2/h12H,2-11H2,1H3;2H,1H3/t12-;/m1./s1. The molecule has 92 valence electrons. The lowest BCUT2D eigenvalue weighted by atomic mass is 10.1. The molecule has 1 aliphatic rings. The fraction of sp³-hybridized carbons (Fsp3) is 1.00. The van der Waals surface area contributed by atoms with Crippen molar-refractivity contribution in [3.05, 3.63) is 0 Å². The van der Waals surface area contributed by atoms with Gasteiger partial charge in [0.05, 0.1) is 6.10 Å². The number of unbranched alkanes of at least 4 members (excludes halogenated alkanes) is 5. The van der Waals surface area contributed by atoms with Crippen molar-refractivity contribution in [2.45, 2.75) is 70.8 Å². The summed E-state index contributed by atoms with van der Waals surface area (Å²) in [5, 5.41) is 7.00. The van der Waals surface area contributed by atoms with Crippen LogP contribution in [0.15, 0.2) is 0 Å². The molecule has 0 aromatic heterocycles. The van der Waals surface area contributed by atoms with Crippen molar-refractivity contribution >= 4 is 0 Å². The van der Waals surface area contributed by atoms with Gasteiger partial charge in [-0.25, -0.2) is 0 Å². The Hall–Kier alpha value is -0.0800. The lowest BCUT2D eigenvalue weighted by Crippen LogP contribution is -2.03. The van der Waals surface area contributed by atoms with Crippen molar-refractivity contribution < 1.29 is 9.84 Å². The van der Waals surface area contributed by atoms with E-state index in [1.165, 1.54) is 57.8 Å². The van der Waals surface area contributed by atoms with Gasteiger partial charge in [0.15, 0.2) is 0 Å². The molecule has 0 saturated carbocycles. The molecule has 0 aromatic rings. The minimum absolute atomic E-state index is 0.617. The smallest absolute Gasteiger partial charge is 0.0576 e. The van der Waals surface area contributed by atoms with E-state index in [9.17, 15) is 0 Å². The molecule has 15 heavy (non-hydrogen) atoms. The van der Waals surface area contributed by atoms with Gasteiger partial charge in [0.1, 0.15) is 0 Å². The average molecular weight is 216 g/mol. The molecule has 1 heterocycles. The molecule has 2 nitrogen and oxygen atoms in total. The Morgan fingerprint density at radius 3 is 2.33 bits per heavy atom. The van der Waals surface area contributed by atoms with Crippen molar-refractivity contribution in [1.29, 1.82) is 0 Å². The minimum atomic E-state index is 0.617. The maximum absolute atomic E-state index is 7.00. The van der Waals surface area contributed by atoms with Gasteiger partial charge in [-0.1, -0.05) is 45.4 Å². The van der Waals surface area contributed by atoms with Gasteiger partial charge < -0.3 is 9.84 Å². The second-order valence-electron chi connectivity index (χ2n) is 4.19. The maximum Gasteiger partial charge on any atom is 0.0576 e. The lowest BCUT2D eigenvalue weighted by molar-refractivity contribution is 0.102. The quantitative estimate of drug-likeness (QED) is 0.660. The summed E-state index contributed by atoms with van der Waals surface area (Å²) in [4.78, 5) is 0. The Morgan fingerprint density at radius 1 is 1.07 bits per heavy atom. The molecule has 1 fully saturated rings. The summed E-state index contributed by atoms with van der Waals surface area (Å²) in [5.41, 5.74) is 0. The average Bonchev–Trinajstić information content (AvgIpc) is 2.79. The first-order chi connectivity index (χ1) is 7.43. The largest absolute Gasteiger partial charge is 0.400 e. The van der Waals surface area contributed by atoms with Crippen LogP contribution in [0.3, 0.4) is 0 Å². The predicted molar refractivity (Wildman–Crippen MR) is 65.1 cm³/mol. The second kappa shape index (κ2) is 12.0. The normalized spacial score (nSPS) is 19.8. The van der Waals surface area contributed by atoms with Gasteiger partial charge in [0, 0.05) is 13.7 Å². The monoisotopic (exact) mass is 216 g/mol. The van der Waals surface area contributed by atoms with Crippen molar-refractivity contribution in [3.8, 4) is 0 Å². The second-order valence-corrected chi connectivity index (χ2v) is 4.19. The topological polar surface area (TPSA) is 29.5 Å². The Balaban J connectivity index is 0.000000921. The zero-order valence-corrected chi connectivity index (χ0v) is 10.5. The Labute approximate surface area is 95.0 Å². The number of rotatable bonds is 7. The van der Waals surface area contributed by atoms with Crippen LogP contribution in [0, 0.1) is 0 Å². The van der Waals surface area contributed by atoms with Crippen molar-refractivity contribution in [2.24, 2.45) is 0 Å². The fourth-order valence-electron chi connectivity index (χ4n) is 2.02. The number of aliphatic hydroxyl groups is 1. The first kappa shape index (κ1) is 14.9. The molecule has 1 N–H and O–H groups in total. The SMILES string of the molecule is CCCCCCCC[C@@H]1CCCO1.CO. The van der Waals surface area contributed by atoms with Crippen LogP contribution < -0.4 is 0 Å². The van der Waals surface area contributed by atoms with Crippen molar-refractivity contribution in [1.82, 2.24) is 0 Å². The number of ether oxygens (including phenoxy) is 1. The zero-order valence-electron chi connectivity index (χ0n) is 10.5. The van der Waals surface area contributed by atoms with Crippen LogP contribution in [0.5, 0.6) is 0 Å². The Kier molecular flexibility index (Phi) is 11.9. The summed E-state index contributed by atoms with van der Waals surface area (Å²) in [6.45, 7) is 3.28. The van der Waals surface area contributed by atoms with Gasteiger partial charge in [-0.3, -0.25) is 0 Å². The molecule has 0 spiro atoms. The van der Waals surface area contributed by atoms with Gasteiger partial charge in [-0.05, 0) is 19.3 Å². The molecule has 2 heteroatoms. The van der Waals surface area contributed by atoms with Gasteiger partial charge in [0.25, 0.3) is 0 Å². The van der Waals surface area contributed by atoms with E-state index in [0.29, 0.717) is 6.10 Å². The lowest BCUT2D eigenvalue weighted by Gasteiger charge is -2.08. The molecule has 0 aliphatic carbocycles. The van der Waals surface area contributed by atoms with E-state index in [-0.39, 0.29) is 0 Å². The number of aliphatic hydroxyl groups excluding tert-OH is 1. The predicted octanol–water partition coefficient (Wildman–Crippen LogP) is 3.52. The third-order valence-corrected chi connectivity index (χ3v) is 2.90. The van der Waals surface area contributed by atoms with Gasteiger partial charge >= 0.3 is 0 Å². The van der Waals surface area contributed by atoms with Crippen LogP contribution in [0.25, 0.3) is 0 Å². The van der Waals surface area contributed by atoms with Crippen molar-refractivity contribution in [2.75, 3.05) is 13.7 Å². The summed E-state index contributed by atoms with van der Waals surface area (Å²) in [6.07, 6.45) is 13.0. The van der Waals surface area contributed by atoms with E-state index < -0.39 is 0 Å². The molecule has 0 bridgehead atoms. The minimum Gasteiger partial charge on any atom is -0.400 e. The van der Waals surface area contributed by atoms with E-state index in [2.05, 4.69) is 6.92 Å². The Morgan fingerprint density at radius 2 is 1.73 bits per heavy atom. The highest BCUT2D eigenvalue weighted by Crippen LogP contribution is 2.18. The summed E-state index contributed by atoms with van der Waals surface area (Å²) in [5.74, 6) is 0. The first-order valence-corrected chi connectivity index (χ1v) is 6.50.